The molecule has 1 aromatic carbocycles. The molecule has 0 aliphatic heterocycles. The Labute approximate surface area is 137 Å². The van der Waals surface area contributed by atoms with Gasteiger partial charge in [0, 0.05) is 20.7 Å². The highest BCUT2D eigenvalue weighted by Crippen LogP contribution is 2.04. The van der Waals surface area contributed by atoms with Gasteiger partial charge in [0.25, 0.3) is 0 Å². The van der Waals surface area contributed by atoms with Gasteiger partial charge in [-0.2, -0.15) is 0 Å². The molecule has 1 atom stereocenters. The molecule has 2 amide bonds. The zero-order valence-corrected chi connectivity index (χ0v) is 14.2. The maximum atomic E-state index is 12.3. The van der Waals surface area contributed by atoms with E-state index in [1.165, 1.54) is 19.1 Å². The third-order valence-electron chi connectivity index (χ3n) is 3.23. The Morgan fingerprint density at radius 2 is 1.83 bits per heavy atom. The fourth-order valence-electron chi connectivity index (χ4n) is 1.89. The van der Waals surface area contributed by atoms with Crippen molar-refractivity contribution in [3.05, 3.63) is 35.9 Å². The molecular formula is C17H26N2O4. The number of methoxy groups -OCH3 is 1. The largest absolute Gasteiger partial charge is 0.449 e. The molecular weight excluding hydrogens is 296 g/mol. The fourth-order valence-corrected chi connectivity index (χ4v) is 1.89. The monoisotopic (exact) mass is 322 g/mol. The predicted molar refractivity (Wildman–Crippen MR) is 87.9 cm³/mol. The van der Waals surface area contributed by atoms with Crippen molar-refractivity contribution in [1.82, 2.24) is 10.2 Å². The van der Waals surface area contributed by atoms with E-state index >= 15 is 0 Å². The van der Waals surface area contributed by atoms with Crippen LogP contribution in [-0.2, 0) is 20.8 Å². The first-order valence-electron chi connectivity index (χ1n) is 7.65. The van der Waals surface area contributed by atoms with E-state index in [1.54, 1.807) is 0 Å². The predicted octanol–water partition coefficient (Wildman–Crippen LogP) is 2.04. The van der Waals surface area contributed by atoms with Crippen LogP contribution in [0.4, 0.5) is 4.79 Å². The van der Waals surface area contributed by atoms with Crippen molar-refractivity contribution in [2.24, 2.45) is 5.92 Å². The fraction of sp³-hybridized carbons (Fsp3) is 0.529. The van der Waals surface area contributed by atoms with E-state index in [0.29, 0.717) is 13.2 Å². The van der Waals surface area contributed by atoms with E-state index in [-0.39, 0.29) is 18.4 Å². The smallest absolute Gasteiger partial charge is 0.410 e. The molecule has 6 nitrogen and oxygen atoms in total. The van der Waals surface area contributed by atoms with Crippen molar-refractivity contribution in [2.45, 2.75) is 26.4 Å². The molecule has 6 heteroatoms. The van der Waals surface area contributed by atoms with Gasteiger partial charge in [-0.15, -0.1) is 0 Å². The zero-order chi connectivity index (χ0) is 17.2. The number of amides is 2. The molecule has 0 spiro atoms. The van der Waals surface area contributed by atoms with Gasteiger partial charge in [0.05, 0.1) is 13.2 Å². The van der Waals surface area contributed by atoms with Crippen LogP contribution in [-0.4, -0.2) is 50.3 Å². The molecule has 0 aliphatic carbocycles. The van der Waals surface area contributed by atoms with Crippen molar-refractivity contribution in [3.8, 4) is 0 Å². The van der Waals surface area contributed by atoms with Crippen LogP contribution in [0.25, 0.3) is 0 Å². The van der Waals surface area contributed by atoms with Gasteiger partial charge >= 0.3 is 6.09 Å². The average Bonchev–Trinajstić information content (AvgIpc) is 2.55. The van der Waals surface area contributed by atoms with Crippen molar-refractivity contribution < 1.29 is 19.1 Å². The summed E-state index contributed by atoms with van der Waals surface area (Å²) in [4.78, 5) is 25.6. The molecule has 0 heterocycles. The van der Waals surface area contributed by atoms with Crippen molar-refractivity contribution in [2.75, 3.05) is 27.4 Å². The second-order valence-corrected chi connectivity index (χ2v) is 5.76. The number of likely N-dealkylation sites (N-methyl/N-ethyl adjacent to an activating group) is 1. The van der Waals surface area contributed by atoms with Gasteiger partial charge in [-0.1, -0.05) is 44.2 Å². The topological polar surface area (TPSA) is 67.9 Å². The number of ether oxygens (including phenoxy) is 2. The van der Waals surface area contributed by atoms with E-state index < -0.39 is 12.1 Å². The number of carbonyl (C=O) groups excluding carboxylic acids is 2. The number of hydrogen-bond acceptors (Lipinski definition) is 4. The maximum Gasteiger partial charge on any atom is 0.410 e. The Hall–Kier alpha value is -2.08. The lowest BCUT2D eigenvalue weighted by molar-refractivity contribution is -0.127. The van der Waals surface area contributed by atoms with Crippen molar-refractivity contribution >= 4 is 12.0 Å². The lowest BCUT2D eigenvalue weighted by Crippen LogP contribution is -2.50. The summed E-state index contributed by atoms with van der Waals surface area (Å²) in [6.07, 6.45) is -0.532. The normalized spacial score (nSPS) is 11.9. The summed E-state index contributed by atoms with van der Waals surface area (Å²) in [7, 11) is 3.03. The van der Waals surface area contributed by atoms with Crippen LogP contribution in [0.2, 0.25) is 0 Å². The summed E-state index contributed by atoms with van der Waals surface area (Å²) in [5.74, 6) is -0.0418. The van der Waals surface area contributed by atoms with Gasteiger partial charge in [0.15, 0.2) is 0 Å². The summed E-state index contributed by atoms with van der Waals surface area (Å²) >= 11 is 0. The minimum atomic E-state index is -0.733. The number of nitrogens with one attached hydrogen (secondary N) is 1. The van der Waals surface area contributed by atoms with Crippen LogP contribution in [0.5, 0.6) is 0 Å². The van der Waals surface area contributed by atoms with E-state index in [0.717, 1.165) is 5.56 Å². The minimum Gasteiger partial charge on any atom is -0.449 e. The van der Waals surface area contributed by atoms with Crippen LogP contribution in [0.1, 0.15) is 19.4 Å². The van der Waals surface area contributed by atoms with Crippen LogP contribution in [0.15, 0.2) is 30.3 Å². The van der Waals surface area contributed by atoms with Gasteiger partial charge < -0.3 is 14.8 Å². The van der Waals surface area contributed by atoms with Gasteiger partial charge in [0.1, 0.15) is 6.04 Å². The molecule has 0 saturated carbocycles. The van der Waals surface area contributed by atoms with Gasteiger partial charge in [0.2, 0.25) is 5.91 Å². The Kier molecular flexibility index (Phi) is 8.11. The summed E-state index contributed by atoms with van der Waals surface area (Å²) in [5.41, 5.74) is 0.988. The quantitative estimate of drug-likeness (QED) is 0.795. The van der Waals surface area contributed by atoms with Crippen LogP contribution in [0, 0.1) is 5.92 Å². The highest BCUT2D eigenvalue weighted by atomic mass is 16.6. The van der Waals surface area contributed by atoms with Crippen LogP contribution < -0.4 is 5.32 Å². The number of carbonyl (C=O) groups is 2. The highest BCUT2D eigenvalue weighted by molar-refractivity contribution is 5.85. The van der Waals surface area contributed by atoms with Crippen LogP contribution in [0.3, 0.4) is 0 Å². The summed E-state index contributed by atoms with van der Waals surface area (Å²) < 4.78 is 10.2. The Morgan fingerprint density at radius 1 is 1.17 bits per heavy atom. The molecule has 0 radical (unpaired) electrons. The molecule has 0 aliphatic rings. The molecule has 0 aromatic heterocycles. The SMILES string of the molecule is COC[C@H](C(=O)NCc1ccccc1)N(C)C(=O)OCC(C)C. The molecule has 1 aromatic rings. The lowest BCUT2D eigenvalue weighted by Gasteiger charge is -2.26. The number of benzene rings is 1. The first-order valence-corrected chi connectivity index (χ1v) is 7.65. The molecule has 0 unspecified atom stereocenters. The molecule has 0 fully saturated rings. The standard InChI is InChI=1S/C17H26N2O4/c1-13(2)11-23-17(21)19(3)15(12-22-4)16(20)18-10-14-8-6-5-7-9-14/h5-9,13,15H,10-12H2,1-4H3,(H,18,20)/t15-/m1/s1. The van der Waals surface area contributed by atoms with Gasteiger partial charge in [-0.25, -0.2) is 4.79 Å². The minimum absolute atomic E-state index is 0.105. The second kappa shape index (κ2) is 9.84. The molecule has 23 heavy (non-hydrogen) atoms. The van der Waals surface area contributed by atoms with E-state index in [2.05, 4.69) is 5.32 Å². The molecule has 0 saturated heterocycles. The first-order chi connectivity index (χ1) is 11.0. The van der Waals surface area contributed by atoms with E-state index in [9.17, 15) is 9.59 Å². The van der Waals surface area contributed by atoms with Gasteiger partial charge in [-0.05, 0) is 11.5 Å². The van der Waals surface area contributed by atoms with Gasteiger partial charge in [-0.3, -0.25) is 9.69 Å². The first kappa shape index (κ1) is 19.0. The average molecular weight is 322 g/mol. The molecule has 0 bridgehead atoms. The van der Waals surface area contributed by atoms with E-state index in [1.807, 2.05) is 44.2 Å². The Morgan fingerprint density at radius 3 is 2.39 bits per heavy atom. The number of rotatable bonds is 8. The number of hydrogen-bond donors (Lipinski definition) is 1. The Balaban J connectivity index is 2.60. The highest BCUT2D eigenvalue weighted by Gasteiger charge is 2.27. The zero-order valence-electron chi connectivity index (χ0n) is 14.2. The van der Waals surface area contributed by atoms with Crippen LogP contribution >= 0.6 is 0 Å². The van der Waals surface area contributed by atoms with Crippen molar-refractivity contribution in [3.63, 3.8) is 0 Å². The summed E-state index contributed by atoms with van der Waals surface area (Å²) in [6, 6.07) is 8.84. The third kappa shape index (κ3) is 6.69. The second-order valence-electron chi connectivity index (χ2n) is 5.76. The third-order valence-corrected chi connectivity index (χ3v) is 3.23. The maximum absolute atomic E-state index is 12.3. The van der Waals surface area contributed by atoms with Crippen molar-refractivity contribution in [1.29, 1.82) is 0 Å². The van der Waals surface area contributed by atoms with E-state index in [4.69, 9.17) is 9.47 Å². The molecule has 1 rings (SSSR count). The summed E-state index contributed by atoms with van der Waals surface area (Å²) in [5, 5.41) is 2.82. The summed E-state index contributed by atoms with van der Waals surface area (Å²) in [6.45, 7) is 4.72. The lowest BCUT2D eigenvalue weighted by atomic mass is 10.2. The molecule has 1 N–H and O–H groups in total. The molecule has 128 valence electrons. The Bertz CT molecular complexity index is 491. The number of nitrogens with zero attached hydrogens (tertiary/aromatic N) is 1.